The molecule has 0 unspecified atom stereocenters. The maximum atomic E-state index is 11.8. The molecule has 2 aromatic heterocycles. The van der Waals surface area contributed by atoms with Gasteiger partial charge in [-0.15, -0.1) is 11.3 Å². The van der Waals surface area contributed by atoms with Crippen LogP contribution in [0.5, 0.6) is 0 Å². The number of carbonyl (C=O) groups is 1. The highest BCUT2D eigenvalue weighted by atomic mass is 32.1. The fourth-order valence-electron chi connectivity index (χ4n) is 2.35. The molecule has 0 aliphatic rings. The summed E-state index contributed by atoms with van der Waals surface area (Å²) in [7, 11) is 0. The van der Waals surface area contributed by atoms with Gasteiger partial charge in [0.15, 0.2) is 0 Å². The topological polar surface area (TPSA) is 34.9 Å². The first-order chi connectivity index (χ1) is 8.61. The van der Waals surface area contributed by atoms with Crippen LogP contribution in [-0.2, 0) is 6.42 Å². The van der Waals surface area contributed by atoms with E-state index >= 15 is 0 Å². The lowest BCUT2D eigenvalue weighted by molar-refractivity contribution is 0.0947. The van der Waals surface area contributed by atoms with Crippen molar-refractivity contribution in [3.63, 3.8) is 0 Å². The normalized spacial score (nSPS) is 11.5. The number of hydrogen-bond donors (Lipinski definition) is 0. The number of thiazole rings is 1. The van der Waals surface area contributed by atoms with Crippen LogP contribution in [0.1, 0.15) is 29.2 Å². The van der Waals surface area contributed by atoms with E-state index in [4.69, 9.17) is 0 Å². The Bertz CT molecular complexity index is 767. The summed E-state index contributed by atoms with van der Waals surface area (Å²) < 4.78 is 1.77. The van der Waals surface area contributed by atoms with Gasteiger partial charge in [0.05, 0.1) is 10.5 Å². The third kappa shape index (κ3) is 1.49. The van der Waals surface area contributed by atoms with Crippen molar-refractivity contribution in [2.45, 2.75) is 27.2 Å². The van der Waals surface area contributed by atoms with E-state index in [9.17, 15) is 4.79 Å². The van der Waals surface area contributed by atoms with Gasteiger partial charge in [0.2, 0.25) is 5.91 Å². The molecule has 3 aromatic rings. The fraction of sp³-hybridized carbons (Fsp3) is 0.286. The molecule has 3 rings (SSSR count). The van der Waals surface area contributed by atoms with E-state index < -0.39 is 0 Å². The van der Waals surface area contributed by atoms with E-state index in [1.165, 1.54) is 5.56 Å². The highest BCUT2D eigenvalue weighted by Gasteiger charge is 2.17. The van der Waals surface area contributed by atoms with Crippen LogP contribution >= 0.6 is 11.3 Å². The average molecular weight is 258 g/mol. The smallest absolute Gasteiger partial charge is 0.229 e. The second kappa shape index (κ2) is 3.92. The molecule has 0 bridgehead atoms. The van der Waals surface area contributed by atoms with Gasteiger partial charge in [-0.3, -0.25) is 9.36 Å². The molecule has 0 saturated carbocycles. The first kappa shape index (κ1) is 11.4. The zero-order valence-electron chi connectivity index (χ0n) is 10.7. The van der Waals surface area contributed by atoms with Gasteiger partial charge in [0, 0.05) is 12.3 Å². The maximum absolute atomic E-state index is 11.8. The molecular weight excluding hydrogens is 244 g/mol. The van der Waals surface area contributed by atoms with E-state index in [-0.39, 0.29) is 5.91 Å². The van der Waals surface area contributed by atoms with Gasteiger partial charge in [-0.2, -0.15) is 0 Å². The Kier molecular flexibility index (Phi) is 2.48. The Morgan fingerprint density at radius 1 is 1.44 bits per heavy atom. The molecule has 0 spiro atoms. The molecule has 4 heteroatoms. The van der Waals surface area contributed by atoms with Crippen molar-refractivity contribution in [1.29, 1.82) is 0 Å². The predicted molar refractivity (Wildman–Crippen MR) is 75.5 cm³/mol. The molecule has 0 saturated heterocycles. The molecule has 0 radical (unpaired) electrons. The van der Waals surface area contributed by atoms with Crippen LogP contribution < -0.4 is 0 Å². The molecule has 0 aliphatic carbocycles. The van der Waals surface area contributed by atoms with Crippen molar-refractivity contribution in [2.75, 3.05) is 0 Å². The van der Waals surface area contributed by atoms with E-state index in [1.807, 2.05) is 13.0 Å². The van der Waals surface area contributed by atoms with Crippen molar-refractivity contribution in [2.24, 2.45) is 0 Å². The molecule has 2 heterocycles. The minimum absolute atomic E-state index is 0.0444. The molecular formula is C14H14N2OS. The summed E-state index contributed by atoms with van der Waals surface area (Å²) in [4.78, 5) is 17.4. The van der Waals surface area contributed by atoms with Crippen LogP contribution in [0.4, 0.5) is 0 Å². The van der Waals surface area contributed by atoms with Crippen molar-refractivity contribution in [3.8, 4) is 0 Å². The van der Waals surface area contributed by atoms with Gasteiger partial charge < -0.3 is 0 Å². The molecule has 3 nitrogen and oxygen atoms in total. The maximum Gasteiger partial charge on any atom is 0.229 e. The third-order valence-corrected chi connectivity index (χ3v) is 4.16. The SMILES string of the molecule is CCc1ccc2c(c1)c1nc(C)sc1n2C(C)=O. The summed E-state index contributed by atoms with van der Waals surface area (Å²) in [5.74, 6) is 0.0444. The number of aromatic nitrogens is 2. The molecule has 0 amide bonds. The standard InChI is InChI=1S/C14H14N2OS/c1-4-10-5-6-12-11(7-10)13-14(16(12)9(3)17)18-8(2)15-13/h5-7H,4H2,1-3H3. The van der Waals surface area contributed by atoms with Crippen LogP contribution in [0, 0.1) is 6.92 Å². The number of hydrogen-bond acceptors (Lipinski definition) is 3. The second-order valence-corrected chi connectivity index (χ2v) is 5.63. The Balaban J connectivity index is 2.51. The number of aryl methyl sites for hydroxylation is 2. The van der Waals surface area contributed by atoms with Crippen molar-refractivity contribution < 1.29 is 4.79 Å². The molecule has 0 N–H and O–H groups in total. The molecule has 92 valence electrons. The van der Waals surface area contributed by atoms with Gasteiger partial charge in [-0.05, 0) is 31.0 Å². The average Bonchev–Trinajstić information content (AvgIpc) is 2.82. The Hall–Kier alpha value is -1.68. The van der Waals surface area contributed by atoms with Gasteiger partial charge in [-0.25, -0.2) is 4.98 Å². The van der Waals surface area contributed by atoms with E-state index in [2.05, 4.69) is 24.0 Å². The lowest BCUT2D eigenvalue weighted by Crippen LogP contribution is -2.03. The lowest BCUT2D eigenvalue weighted by atomic mass is 10.1. The zero-order valence-corrected chi connectivity index (χ0v) is 11.5. The van der Waals surface area contributed by atoms with Crippen molar-refractivity contribution >= 4 is 38.5 Å². The van der Waals surface area contributed by atoms with Gasteiger partial charge in [0.1, 0.15) is 10.3 Å². The van der Waals surface area contributed by atoms with Gasteiger partial charge in [-0.1, -0.05) is 13.0 Å². The highest BCUT2D eigenvalue weighted by molar-refractivity contribution is 7.18. The molecule has 0 fully saturated rings. The Morgan fingerprint density at radius 3 is 2.89 bits per heavy atom. The van der Waals surface area contributed by atoms with Crippen LogP contribution in [0.2, 0.25) is 0 Å². The quantitative estimate of drug-likeness (QED) is 0.665. The summed E-state index contributed by atoms with van der Waals surface area (Å²) in [5, 5.41) is 2.09. The van der Waals surface area contributed by atoms with E-state index in [0.717, 1.165) is 32.7 Å². The molecule has 0 atom stereocenters. The monoisotopic (exact) mass is 258 g/mol. The summed E-state index contributed by atoms with van der Waals surface area (Å²) >= 11 is 1.58. The molecule has 0 aliphatic heterocycles. The minimum atomic E-state index is 0.0444. The summed E-state index contributed by atoms with van der Waals surface area (Å²) in [6.07, 6.45) is 0.992. The number of fused-ring (bicyclic) bond motifs is 3. The van der Waals surface area contributed by atoms with E-state index in [1.54, 1.807) is 22.8 Å². The second-order valence-electron chi connectivity index (χ2n) is 4.45. The highest BCUT2D eigenvalue weighted by Crippen LogP contribution is 2.33. The summed E-state index contributed by atoms with van der Waals surface area (Å²) in [6, 6.07) is 6.26. The summed E-state index contributed by atoms with van der Waals surface area (Å²) in [6.45, 7) is 5.71. The first-order valence-corrected chi connectivity index (χ1v) is 6.85. The van der Waals surface area contributed by atoms with Crippen LogP contribution in [0.25, 0.3) is 21.3 Å². The minimum Gasteiger partial charge on any atom is -0.274 e. The van der Waals surface area contributed by atoms with Gasteiger partial charge >= 0.3 is 0 Å². The van der Waals surface area contributed by atoms with Crippen LogP contribution in [0.15, 0.2) is 18.2 Å². The zero-order chi connectivity index (χ0) is 12.9. The van der Waals surface area contributed by atoms with Crippen molar-refractivity contribution in [1.82, 2.24) is 9.55 Å². The number of benzene rings is 1. The lowest BCUT2D eigenvalue weighted by Gasteiger charge is -2.01. The molecule has 18 heavy (non-hydrogen) atoms. The fourth-order valence-corrected chi connectivity index (χ4v) is 3.34. The summed E-state index contributed by atoms with van der Waals surface area (Å²) in [5.41, 5.74) is 3.20. The number of rotatable bonds is 1. The predicted octanol–water partition coefficient (Wildman–Crippen LogP) is 3.78. The largest absolute Gasteiger partial charge is 0.274 e. The van der Waals surface area contributed by atoms with E-state index in [0.29, 0.717) is 0 Å². The van der Waals surface area contributed by atoms with Crippen LogP contribution in [0.3, 0.4) is 0 Å². The Labute approximate surface area is 109 Å². The Morgan fingerprint density at radius 2 is 2.22 bits per heavy atom. The third-order valence-electron chi connectivity index (χ3n) is 3.20. The first-order valence-electron chi connectivity index (χ1n) is 6.03. The van der Waals surface area contributed by atoms with Crippen molar-refractivity contribution in [3.05, 3.63) is 28.8 Å². The number of nitrogens with zero attached hydrogens (tertiary/aromatic N) is 2. The van der Waals surface area contributed by atoms with Gasteiger partial charge in [0.25, 0.3) is 0 Å². The van der Waals surface area contributed by atoms with Crippen LogP contribution in [-0.4, -0.2) is 15.5 Å². The number of carbonyl (C=O) groups excluding carboxylic acids is 1. The molecule has 1 aromatic carbocycles.